The average Bonchev–Trinajstić information content (AvgIpc) is 3.01. The number of thiophene rings is 1. The Labute approximate surface area is 141 Å². The summed E-state index contributed by atoms with van der Waals surface area (Å²) in [5, 5.41) is 0.711. The molecule has 0 radical (unpaired) electrons. The average molecular weight is 329 g/mol. The Morgan fingerprint density at radius 3 is 2.35 bits per heavy atom. The molecule has 1 aromatic heterocycles. The first-order valence-corrected chi connectivity index (χ1v) is 8.89. The van der Waals surface area contributed by atoms with E-state index < -0.39 is 0 Å². The molecule has 2 N–H and O–H groups in total. The Kier molecular flexibility index (Phi) is 5.43. The first-order valence-electron chi connectivity index (χ1n) is 8.08. The first-order chi connectivity index (χ1) is 11.2. The van der Waals surface area contributed by atoms with Gasteiger partial charge < -0.3 is 10.6 Å². The molecule has 1 aromatic carbocycles. The van der Waals surface area contributed by atoms with Crippen molar-refractivity contribution in [2.24, 2.45) is 0 Å². The zero-order valence-electron chi connectivity index (χ0n) is 13.3. The van der Waals surface area contributed by atoms with Crippen molar-refractivity contribution in [3.63, 3.8) is 0 Å². The lowest BCUT2D eigenvalue weighted by atomic mass is 10.2. The van der Waals surface area contributed by atoms with Crippen molar-refractivity contribution < 1.29 is 4.79 Å². The number of piperazine rings is 1. The van der Waals surface area contributed by atoms with Crippen LogP contribution < -0.4 is 5.73 Å². The van der Waals surface area contributed by atoms with E-state index in [9.17, 15) is 4.79 Å². The van der Waals surface area contributed by atoms with Crippen LogP contribution in [-0.4, -0.2) is 48.3 Å². The van der Waals surface area contributed by atoms with Crippen LogP contribution in [-0.2, 0) is 6.54 Å². The van der Waals surface area contributed by atoms with Crippen LogP contribution in [0, 0.1) is 0 Å². The third-order valence-corrected chi connectivity index (χ3v) is 5.23. The highest BCUT2D eigenvalue weighted by molar-refractivity contribution is 7.17. The van der Waals surface area contributed by atoms with Gasteiger partial charge in [-0.15, -0.1) is 11.3 Å². The predicted molar refractivity (Wildman–Crippen MR) is 95.8 cm³/mol. The second kappa shape index (κ2) is 7.73. The van der Waals surface area contributed by atoms with Crippen LogP contribution in [0.4, 0.5) is 5.00 Å². The molecule has 0 bridgehead atoms. The van der Waals surface area contributed by atoms with Crippen LogP contribution in [0.1, 0.15) is 21.7 Å². The summed E-state index contributed by atoms with van der Waals surface area (Å²) < 4.78 is 0. The van der Waals surface area contributed by atoms with Gasteiger partial charge in [-0.25, -0.2) is 0 Å². The van der Waals surface area contributed by atoms with E-state index in [-0.39, 0.29) is 5.78 Å². The Bertz CT molecular complexity index is 633. The number of anilines is 1. The fourth-order valence-corrected chi connectivity index (χ4v) is 3.64. The summed E-state index contributed by atoms with van der Waals surface area (Å²) in [5.74, 6) is 0.207. The maximum Gasteiger partial charge on any atom is 0.174 e. The number of ketones is 1. The van der Waals surface area contributed by atoms with Crippen molar-refractivity contribution in [2.75, 3.05) is 38.5 Å². The van der Waals surface area contributed by atoms with Gasteiger partial charge in [-0.1, -0.05) is 30.3 Å². The lowest BCUT2D eigenvalue weighted by Gasteiger charge is -2.34. The van der Waals surface area contributed by atoms with Gasteiger partial charge in [-0.05, 0) is 17.7 Å². The minimum atomic E-state index is 0.207. The van der Waals surface area contributed by atoms with Crippen molar-refractivity contribution in [3.8, 4) is 0 Å². The van der Waals surface area contributed by atoms with Crippen molar-refractivity contribution >= 4 is 22.1 Å². The Morgan fingerprint density at radius 2 is 1.70 bits per heavy atom. The van der Waals surface area contributed by atoms with E-state index in [1.165, 1.54) is 16.9 Å². The van der Waals surface area contributed by atoms with Crippen LogP contribution in [0.25, 0.3) is 0 Å². The number of rotatable bonds is 6. The zero-order valence-corrected chi connectivity index (χ0v) is 14.1. The summed E-state index contributed by atoms with van der Waals surface area (Å²) in [6, 6.07) is 14.2. The third kappa shape index (κ3) is 4.64. The van der Waals surface area contributed by atoms with Crippen LogP contribution in [0.5, 0.6) is 0 Å². The van der Waals surface area contributed by atoms with Gasteiger partial charge >= 0.3 is 0 Å². The van der Waals surface area contributed by atoms with Gasteiger partial charge in [0.2, 0.25) is 0 Å². The molecule has 1 aliphatic rings. The summed E-state index contributed by atoms with van der Waals surface area (Å²) in [6.45, 7) is 6.06. The van der Waals surface area contributed by atoms with Gasteiger partial charge in [0.15, 0.2) is 5.78 Å². The molecule has 0 unspecified atom stereocenters. The molecule has 2 aromatic rings. The van der Waals surface area contributed by atoms with Crippen molar-refractivity contribution in [1.82, 2.24) is 9.80 Å². The molecule has 1 saturated heterocycles. The topological polar surface area (TPSA) is 49.6 Å². The smallest absolute Gasteiger partial charge is 0.174 e. The van der Waals surface area contributed by atoms with E-state index in [1.807, 2.05) is 6.07 Å². The van der Waals surface area contributed by atoms with Gasteiger partial charge in [0.1, 0.15) is 0 Å². The minimum Gasteiger partial charge on any atom is -0.391 e. The van der Waals surface area contributed by atoms with Crippen molar-refractivity contribution in [1.29, 1.82) is 0 Å². The molecule has 122 valence electrons. The van der Waals surface area contributed by atoms with E-state index in [1.54, 1.807) is 6.07 Å². The molecular weight excluding hydrogens is 306 g/mol. The fourth-order valence-electron chi connectivity index (χ4n) is 2.90. The molecule has 23 heavy (non-hydrogen) atoms. The molecule has 5 heteroatoms. The first kappa shape index (κ1) is 16.2. The summed E-state index contributed by atoms with van der Waals surface area (Å²) in [7, 11) is 0. The molecule has 0 amide bonds. The highest BCUT2D eigenvalue weighted by Gasteiger charge is 2.18. The molecule has 3 rings (SSSR count). The van der Waals surface area contributed by atoms with Crippen LogP contribution in [0.3, 0.4) is 0 Å². The fraction of sp³-hybridized carbons (Fsp3) is 0.389. The van der Waals surface area contributed by atoms with Crippen LogP contribution in [0.2, 0.25) is 0 Å². The molecule has 4 nitrogen and oxygen atoms in total. The number of nitrogens with zero attached hydrogens (tertiary/aromatic N) is 2. The molecule has 0 atom stereocenters. The number of hydrogen-bond donors (Lipinski definition) is 1. The number of nitrogen functional groups attached to an aromatic ring is 1. The molecule has 0 aliphatic carbocycles. The molecule has 1 aliphatic heterocycles. The Hall–Kier alpha value is -1.69. The second-order valence-electron chi connectivity index (χ2n) is 5.98. The minimum absolute atomic E-state index is 0.207. The summed E-state index contributed by atoms with van der Waals surface area (Å²) in [5.41, 5.74) is 7.05. The van der Waals surface area contributed by atoms with E-state index in [0.717, 1.165) is 44.1 Å². The number of Topliss-reactive ketones (excluding diaryl/α,β-unsaturated/α-hetero) is 1. The summed E-state index contributed by atoms with van der Waals surface area (Å²) >= 11 is 1.39. The summed E-state index contributed by atoms with van der Waals surface area (Å²) in [6.07, 6.45) is 0.582. The van der Waals surface area contributed by atoms with Crippen LogP contribution >= 0.6 is 11.3 Å². The maximum absolute atomic E-state index is 12.1. The maximum atomic E-state index is 12.1. The van der Waals surface area contributed by atoms with Crippen LogP contribution in [0.15, 0.2) is 42.5 Å². The molecule has 0 saturated carbocycles. The normalized spacial score (nSPS) is 16.5. The van der Waals surface area contributed by atoms with E-state index >= 15 is 0 Å². The van der Waals surface area contributed by atoms with E-state index in [4.69, 9.17) is 5.73 Å². The molecule has 1 fully saturated rings. The molecular formula is C18H23N3OS. The zero-order chi connectivity index (χ0) is 16.1. The second-order valence-corrected chi connectivity index (χ2v) is 7.09. The third-order valence-electron chi connectivity index (χ3n) is 4.27. The lowest BCUT2D eigenvalue weighted by Crippen LogP contribution is -2.46. The van der Waals surface area contributed by atoms with Crippen molar-refractivity contribution in [2.45, 2.75) is 13.0 Å². The SMILES string of the molecule is Nc1ccc(C(=O)CCN2CCN(Cc3ccccc3)CC2)s1. The quantitative estimate of drug-likeness (QED) is 0.828. The molecule has 0 spiro atoms. The largest absolute Gasteiger partial charge is 0.391 e. The lowest BCUT2D eigenvalue weighted by molar-refractivity contribution is 0.0926. The number of carbonyl (C=O) groups excluding carboxylic acids is 1. The number of nitrogens with two attached hydrogens (primary N) is 1. The van der Waals surface area contributed by atoms with Crippen molar-refractivity contribution in [3.05, 3.63) is 52.9 Å². The van der Waals surface area contributed by atoms with Gasteiger partial charge in [0, 0.05) is 45.7 Å². The summed E-state index contributed by atoms with van der Waals surface area (Å²) in [4.78, 5) is 17.8. The van der Waals surface area contributed by atoms with Gasteiger partial charge in [-0.3, -0.25) is 9.69 Å². The highest BCUT2D eigenvalue weighted by Crippen LogP contribution is 2.20. The van der Waals surface area contributed by atoms with E-state index in [2.05, 4.69) is 40.1 Å². The van der Waals surface area contributed by atoms with Gasteiger partial charge in [0.05, 0.1) is 9.88 Å². The number of benzene rings is 1. The van der Waals surface area contributed by atoms with Gasteiger partial charge in [-0.2, -0.15) is 0 Å². The standard InChI is InChI=1S/C18H23N3OS/c19-18-7-6-17(23-18)16(22)8-9-20-10-12-21(13-11-20)14-15-4-2-1-3-5-15/h1-7H,8-14,19H2. The molecule has 2 heterocycles. The Balaban J connectivity index is 1.40. The highest BCUT2D eigenvalue weighted by atomic mass is 32.1. The number of hydrogen-bond acceptors (Lipinski definition) is 5. The van der Waals surface area contributed by atoms with Gasteiger partial charge in [0.25, 0.3) is 0 Å². The Morgan fingerprint density at radius 1 is 1.00 bits per heavy atom. The predicted octanol–water partition coefficient (Wildman–Crippen LogP) is 2.72. The monoisotopic (exact) mass is 329 g/mol. The number of carbonyl (C=O) groups is 1. The van der Waals surface area contributed by atoms with E-state index in [0.29, 0.717) is 11.4 Å².